The molecule has 1 aromatic rings. The van der Waals surface area contributed by atoms with Gasteiger partial charge in [-0.25, -0.2) is 0 Å². The highest BCUT2D eigenvalue weighted by atomic mass is 35.5. The maximum absolute atomic E-state index is 12.0. The van der Waals surface area contributed by atoms with Crippen LogP contribution in [0.3, 0.4) is 0 Å². The molecule has 2 rings (SSSR count). The number of hydrogen-bond donors (Lipinski definition) is 1. The Bertz CT molecular complexity index is 502. The maximum atomic E-state index is 12.0. The molecule has 1 fully saturated rings. The minimum Gasteiger partial charge on any atom is -0.352 e. The van der Waals surface area contributed by atoms with Crippen molar-refractivity contribution in [3.63, 3.8) is 0 Å². The maximum Gasteiger partial charge on any atom is 0.252 e. The molecule has 1 aliphatic rings. The van der Waals surface area contributed by atoms with Gasteiger partial charge in [-0.3, -0.25) is 4.79 Å². The summed E-state index contributed by atoms with van der Waals surface area (Å²) in [5.74, 6) is -0.160. The number of rotatable bonds is 6. The molecule has 22 heavy (non-hydrogen) atoms. The fraction of sp³-hybridized carbons (Fsp3) is 0.562. The number of carbonyl (C=O) groups excluding carboxylic acids is 1. The molecule has 0 aliphatic carbocycles. The quantitative estimate of drug-likeness (QED) is 0.806. The molecule has 1 aromatic carbocycles. The van der Waals surface area contributed by atoms with Crippen LogP contribution in [0.1, 0.15) is 23.2 Å². The Morgan fingerprint density at radius 3 is 2.64 bits per heavy atom. The first-order chi connectivity index (χ1) is 10.6. The minimum absolute atomic E-state index is 0.160. The van der Waals surface area contributed by atoms with E-state index < -0.39 is 0 Å². The summed E-state index contributed by atoms with van der Waals surface area (Å²) in [4.78, 5) is 16.9. The number of carbonyl (C=O) groups is 1. The van der Waals surface area contributed by atoms with Crippen molar-refractivity contribution in [2.45, 2.75) is 12.8 Å². The van der Waals surface area contributed by atoms with Crippen LogP contribution in [0.15, 0.2) is 18.2 Å². The van der Waals surface area contributed by atoms with Crippen LogP contribution in [-0.4, -0.2) is 62.0 Å². The first-order valence-electron chi connectivity index (χ1n) is 7.70. The summed E-state index contributed by atoms with van der Waals surface area (Å²) >= 11 is 11.9. The van der Waals surface area contributed by atoms with Gasteiger partial charge in [0.15, 0.2) is 0 Å². The SMILES string of the molecule is CN1CCN(CCCCNC(=O)c2cc(Cl)ccc2Cl)CC1. The number of unbranched alkanes of at least 4 members (excludes halogenated alkanes) is 1. The number of amides is 1. The van der Waals surface area contributed by atoms with Gasteiger partial charge in [0.1, 0.15) is 0 Å². The van der Waals surface area contributed by atoms with Crippen LogP contribution in [0, 0.1) is 0 Å². The molecule has 1 saturated heterocycles. The number of piperazine rings is 1. The van der Waals surface area contributed by atoms with Crippen molar-refractivity contribution in [2.24, 2.45) is 0 Å². The van der Waals surface area contributed by atoms with Crippen molar-refractivity contribution >= 4 is 29.1 Å². The molecule has 0 atom stereocenters. The third-order valence-electron chi connectivity index (χ3n) is 3.96. The van der Waals surface area contributed by atoms with Crippen molar-refractivity contribution in [3.8, 4) is 0 Å². The monoisotopic (exact) mass is 343 g/mol. The number of halogens is 2. The number of likely N-dealkylation sites (N-methyl/N-ethyl adjacent to an activating group) is 1. The summed E-state index contributed by atoms with van der Waals surface area (Å²) in [5.41, 5.74) is 0.438. The Morgan fingerprint density at radius 1 is 1.18 bits per heavy atom. The van der Waals surface area contributed by atoms with Crippen LogP contribution in [0.5, 0.6) is 0 Å². The van der Waals surface area contributed by atoms with Crippen molar-refractivity contribution in [2.75, 3.05) is 46.3 Å². The molecule has 1 amide bonds. The minimum atomic E-state index is -0.160. The van der Waals surface area contributed by atoms with Crippen molar-refractivity contribution in [3.05, 3.63) is 33.8 Å². The number of hydrogen-bond acceptors (Lipinski definition) is 3. The van der Waals surface area contributed by atoms with Crippen molar-refractivity contribution < 1.29 is 4.79 Å². The summed E-state index contributed by atoms with van der Waals surface area (Å²) < 4.78 is 0. The van der Waals surface area contributed by atoms with E-state index in [0.717, 1.165) is 45.6 Å². The summed E-state index contributed by atoms with van der Waals surface area (Å²) in [5, 5.41) is 3.85. The highest BCUT2D eigenvalue weighted by Gasteiger charge is 2.13. The summed E-state index contributed by atoms with van der Waals surface area (Å²) in [6, 6.07) is 4.92. The van der Waals surface area contributed by atoms with E-state index in [1.54, 1.807) is 18.2 Å². The Balaban J connectivity index is 1.64. The van der Waals surface area contributed by atoms with Crippen molar-refractivity contribution in [1.29, 1.82) is 0 Å². The van der Waals surface area contributed by atoms with Crippen LogP contribution < -0.4 is 5.32 Å². The molecule has 0 aromatic heterocycles. The molecule has 0 saturated carbocycles. The molecule has 4 nitrogen and oxygen atoms in total. The highest BCUT2D eigenvalue weighted by Crippen LogP contribution is 2.20. The van der Waals surface area contributed by atoms with Gasteiger partial charge >= 0.3 is 0 Å². The molecule has 1 aliphatic heterocycles. The molecule has 1 N–H and O–H groups in total. The lowest BCUT2D eigenvalue weighted by Gasteiger charge is -2.32. The molecule has 0 spiro atoms. The second-order valence-corrected chi connectivity index (χ2v) is 6.58. The Hall–Kier alpha value is -0.810. The average Bonchev–Trinajstić information content (AvgIpc) is 2.51. The molecular weight excluding hydrogens is 321 g/mol. The van der Waals surface area contributed by atoms with E-state index in [-0.39, 0.29) is 5.91 Å². The first kappa shape index (κ1) is 17.5. The second-order valence-electron chi connectivity index (χ2n) is 5.73. The van der Waals surface area contributed by atoms with Gasteiger partial charge in [0.2, 0.25) is 0 Å². The molecule has 0 bridgehead atoms. The van der Waals surface area contributed by atoms with Gasteiger partial charge in [-0.05, 0) is 44.6 Å². The topological polar surface area (TPSA) is 35.6 Å². The molecule has 122 valence electrons. The van der Waals surface area contributed by atoms with E-state index >= 15 is 0 Å². The van der Waals surface area contributed by atoms with Crippen molar-refractivity contribution in [1.82, 2.24) is 15.1 Å². The van der Waals surface area contributed by atoms with E-state index in [9.17, 15) is 4.79 Å². The Labute approximate surface area is 142 Å². The second kappa shape index (κ2) is 8.73. The van der Waals surface area contributed by atoms with Gasteiger partial charge in [0.05, 0.1) is 10.6 Å². The fourth-order valence-corrected chi connectivity index (χ4v) is 2.88. The van der Waals surface area contributed by atoms with Gasteiger partial charge in [-0.1, -0.05) is 23.2 Å². The highest BCUT2D eigenvalue weighted by molar-refractivity contribution is 6.35. The number of nitrogens with one attached hydrogen (secondary N) is 1. The fourth-order valence-electron chi connectivity index (χ4n) is 2.50. The first-order valence-corrected chi connectivity index (χ1v) is 8.46. The summed E-state index contributed by atoms with van der Waals surface area (Å²) in [6.07, 6.45) is 2.06. The number of nitrogens with zero attached hydrogens (tertiary/aromatic N) is 2. The predicted octanol–water partition coefficient (Wildman–Crippen LogP) is 2.75. The van der Waals surface area contributed by atoms with Crippen LogP contribution in [0.4, 0.5) is 0 Å². The normalized spacial score (nSPS) is 16.7. The molecule has 6 heteroatoms. The molecule has 0 radical (unpaired) electrons. The Morgan fingerprint density at radius 2 is 1.91 bits per heavy atom. The van der Waals surface area contributed by atoms with Gasteiger partial charge < -0.3 is 15.1 Å². The van der Waals surface area contributed by atoms with E-state index in [0.29, 0.717) is 22.2 Å². The van der Waals surface area contributed by atoms with Gasteiger partial charge in [0, 0.05) is 37.7 Å². The van der Waals surface area contributed by atoms with E-state index in [2.05, 4.69) is 22.2 Å². The van der Waals surface area contributed by atoms with Crippen LogP contribution in [-0.2, 0) is 0 Å². The van der Waals surface area contributed by atoms with Gasteiger partial charge in [-0.2, -0.15) is 0 Å². The zero-order chi connectivity index (χ0) is 15.9. The van der Waals surface area contributed by atoms with Gasteiger partial charge in [-0.15, -0.1) is 0 Å². The Kier molecular flexibility index (Phi) is 6.96. The molecular formula is C16H23Cl2N3O. The summed E-state index contributed by atoms with van der Waals surface area (Å²) in [6.45, 7) is 6.33. The number of benzene rings is 1. The predicted molar refractivity (Wildman–Crippen MR) is 92.0 cm³/mol. The third-order valence-corrected chi connectivity index (χ3v) is 4.52. The lowest BCUT2D eigenvalue weighted by atomic mass is 10.2. The van der Waals surface area contributed by atoms with Crippen LogP contribution in [0.2, 0.25) is 10.0 Å². The smallest absolute Gasteiger partial charge is 0.252 e. The van der Waals surface area contributed by atoms with Gasteiger partial charge in [0.25, 0.3) is 5.91 Å². The summed E-state index contributed by atoms with van der Waals surface area (Å²) in [7, 11) is 2.16. The van der Waals surface area contributed by atoms with E-state index in [1.807, 2.05) is 0 Å². The standard InChI is InChI=1S/C16H23Cl2N3O/c1-20-8-10-21(11-9-20)7-3-2-6-19-16(22)14-12-13(17)4-5-15(14)18/h4-5,12H,2-3,6-11H2,1H3,(H,19,22). The average molecular weight is 344 g/mol. The molecule has 0 unspecified atom stereocenters. The van der Waals surface area contributed by atoms with E-state index in [4.69, 9.17) is 23.2 Å². The third kappa shape index (κ3) is 5.43. The molecule has 1 heterocycles. The lowest BCUT2D eigenvalue weighted by molar-refractivity contribution is 0.0952. The van der Waals surface area contributed by atoms with Crippen LogP contribution >= 0.6 is 23.2 Å². The lowest BCUT2D eigenvalue weighted by Crippen LogP contribution is -2.44. The van der Waals surface area contributed by atoms with E-state index in [1.165, 1.54) is 0 Å². The zero-order valence-electron chi connectivity index (χ0n) is 12.9. The zero-order valence-corrected chi connectivity index (χ0v) is 14.5. The van der Waals surface area contributed by atoms with Crippen LogP contribution in [0.25, 0.3) is 0 Å². The largest absolute Gasteiger partial charge is 0.352 e.